The molecule has 0 bridgehead atoms. The maximum Gasteiger partial charge on any atom is 0.336 e. The molecule has 0 spiro atoms. The minimum Gasteiger partial charge on any atom is -0.478 e. The number of aromatic carboxylic acids is 1. The fourth-order valence-corrected chi connectivity index (χ4v) is 1.33. The van der Waals surface area contributed by atoms with E-state index in [2.05, 4.69) is 0 Å². The molecule has 0 amide bonds. The van der Waals surface area contributed by atoms with Crippen LogP contribution in [0.15, 0.2) is 24.3 Å². The van der Waals surface area contributed by atoms with Gasteiger partial charge in [0.1, 0.15) is 0 Å². The summed E-state index contributed by atoms with van der Waals surface area (Å²) >= 11 is 0. The van der Waals surface area contributed by atoms with E-state index < -0.39 is 24.9 Å². The Morgan fingerprint density at radius 2 is 2.00 bits per heavy atom. The second-order valence-electron chi connectivity index (χ2n) is 3.13. The zero-order valence-electron chi connectivity index (χ0n) is 7.86. The van der Waals surface area contributed by atoms with Gasteiger partial charge in [-0.2, -0.15) is 0 Å². The van der Waals surface area contributed by atoms with E-state index in [1.54, 1.807) is 6.07 Å². The predicted molar refractivity (Wildman–Crippen MR) is 51.0 cm³/mol. The maximum absolute atomic E-state index is 12.1. The number of carboxylic acids is 1. The Hall–Kier alpha value is -1.49. The van der Waals surface area contributed by atoms with Gasteiger partial charge in [0, 0.05) is 12.5 Å². The molecule has 1 atom stereocenters. The summed E-state index contributed by atoms with van der Waals surface area (Å²) in [4.78, 5) is 10.8. The van der Waals surface area contributed by atoms with Crippen molar-refractivity contribution in [1.29, 1.82) is 0 Å². The third-order valence-corrected chi connectivity index (χ3v) is 2.02. The minimum atomic E-state index is -2.54. The third kappa shape index (κ3) is 2.99. The Balaban J connectivity index is 2.97. The highest BCUT2D eigenvalue weighted by molar-refractivity contribution is 5.89. The summed E-state index contributed by atoms with van der Waals surface area (Å²) in [6, 6.07) is 4.96. The van der Waals surface area contributed by atoms with Crippen molar-refractivity contribution < 1.29 is 18.7 Å². The fraction of sp³-hybridized carbons (Fsp3) is 0.300. The summed E-state index contributed by atoms with van der Waals surface area (Å²) in [5.74, 6) is -1.16. The van der Waals surface area contributed by atoms with Crippen LogP contribution in [0, 0.1) is 0 Å². The molecule has 0 aliphatic heterocycles. The first-order valence-corrected chi connectivity index (χ1v) is 4.38. The van der Waals surface area contributed by atoms with Gasteiger partial charge in [0.25, 0.3) is 0 Å². The van der Waals surface area contributed by atoms with Crippen LogP contribution in [0.3, 0.4) is 0 Å². The number of nitrogens with two attached hydrogens (primary N) is 1. The molecule has 0 aliphatic carbocycles. The number of hydrogen-bond donors (Lipinski definition) is 2. The largest absolute Gasteiger partial charge is 0.478 e. The van der Waals surface area contributed by atoms with Crippen molar-refractivity contribution in [3.8, 4) is 0 Å². The lowest BCUT2D eigenvalue weighted by Crippen LogP contribution is -2.17. The smallest absolute Gasteiger partial charge is 0.336 e. The van der Waals surface area contributed by atoms with E-state index in [1.807, 2.05) is 0 Å². The van der Waals surface area contributed by atoms with Crippen LogP contribution in [0.25, 0.3) is 0 Å². The van der Waals surface area contributed by atoms with Gasteiger partial charge >= 0.3 is 5.97 Å². The van der Waals surface area contributed by atoms with Gasteiger partial charge in [0.05, 0.1) is 5.56 Å². The normalized spacial score (nSPS) is 12.8. The number of hydrogen-bond acceptors (Lipinski definition) is 2. The Labute approximate surface area is 85.5 Å². The lowest BCUT2D eigenvalue weighted by atomic mass is 9.99. The maximum atomic E-state index is 12.1. The van der Waals surface area contributed by atoms with Gasteiger partial charge < -0.3 is 10.8 Å². The first-order chi connectivity index (χ1) is 7.02. The summed E-state index contributed by atoms with van der Waals surface area (Å²) in [5, 5.41) is 8.81. The topological polar surface area (TPSA) is 63.3 Å². The second kappa shape index (κ2) is 4.84. The fourth-order valence-electron chi connectivity index (χ4n) is 1.33. The quantitative estimate of drug-likeness (QED) is 0.807. The molecule has 82 valence electrons. The predicted octanol–water partition coefficient (Wildman–Crippen LogP) is 2.04. The Kier molecular flexibility index (Phi) is 3.74. The van der Waals surface area contributed by atoms with Gasteiger partial charge in [-0.15, -0.1) is 0 Å². The molecule has 3 nitrogen and oxygen atoms in total. The highest BCUT2D eigenvalue weighted by atomic mass is 19.3. The number of carbonyl (C=O) groups is 1. The van der Waals surface area contributed by atoms with E-state index in [4.69, 9.17) is 10.8 Å². The first kappa shape index (κ1) is 11.6. The zero-order chi connectivity index (χ0) is 11.4. The molecule has 0 saturated heterocycles. The number of carboxylic acid groups (broad SMARTS) is 1. The van der Waals surface area contributed by atoms with Gasteiger partial charge in [-0.05, 0) is 11.6 Å². The van der Waals surface area contributed by atoms with Crippen molar-refractivity contribution in [3.63, 3.8) is 0 Å². The van der Waals surface area contributed by atoms with Crippen molar-refractivity contribution in [2.45, 2.75) is 18.9 Å². The van der Waals surface area contributed by atoms with Crippen molar-refractivity contribution >= 4 is 5.97 Å². The van der Waals surface area contributed by atoms with Gasteiger partial charge in [0.2, 0.25) is 6.43 Å². The van der Waals surface area contributed by atoms with Crippen LogP contribution >= 0.6 is 0 Å². The van der Waals surface area contributed by atoms with Crippen molar-refractivity contribution in [2.24, 2.45) is 5.73 Å². The molecular weight excluding hydrogens is 204 g/mol. The summed E-state index contributed by atoms with van der Waals surface area (Å²) in [7, 11) is 0. The van der Waals surface area contributed by atoms with Crippen LogP contribution in [-0.2, 0) is 0 Å². The van der Waals surface area contributed by atoms with Crippen LogP contribution in [0.1, 0.15) is 28.4 Å². The molecule has 1 rings (SSSR count). The molecule has 0 aliphatic rings. The molecule has 3 N–H and O–H groups in total. The number of benzene rings is 1. The van der Waals surface area contributed by atoms with Crippen molar-refractivity contribution in [3.05, 3.63) is 35.4 Å². The van der Waals surface area contributed by atoms with E-state index in [9.17, 15) is 13.6 Å². The minimum absolute atomic E-state index is 0.0225. The number of halogens is 2. The Bertz CT molecular complexity index is 355. The number of rotatable bonds is 4. The summed E-state index contributed by atoms with van der Waals surface area (Å²) in [6.07, 6.45) is -3.08. The molecule has 1 aromatic rings. The average molecular weight is 215 g/mol. The van der Waals surface area contributed by atoms with E-state index in [0.29, 0.717) is 0 Å². The monoisotopic (exact) mass is 215 g/mol. The van der Waals surface area contributed by atoms with Crippen LogP contribution in [0.5, 0.6) is 0 Å². The SMILES string of the molecule is N[C@H](CC(F)F)c1ccccc1C(=O)O. The standard InChI is InChI=1S/C10H11F2NO2/c11-9(12)5-8(13)6-3-1-2-4-7(6)10(14)15/h1-4,8-9H,5,13H2,(H,14,15)/t8-/m1/s1. The average Bonchev–Trinajstić information content (AvgIpc) is 2.16. The van der Waals surface area contributed by atoms with E-state index in [-0.39, 0.29) is 11.1 Å². The number of alkyl halides is 2. The molecule has 0 radical (unpaired) electrons. The highest BCUT2D eigenvalue weighted by Crippen LogP contribution is 2.21. The lowest BCUT2D eigenvalue weighted by molar-refractivity contribution is 0.0693. The molecular formula is C10H11F2NO2. The third-order valence-electron chi connectivity index (χ3n) is 2.02. The first-order valence-electron chi connectivity index (χ1n) is 4.38. The van der Waals surface area contributed by atoms with E-state index in [1.165, 1.54) is 18.2 Å². The zero-order valence-corrected chi connectivity index (χ0v) is 7.86. The molecule has 1 aromatic carbocycles. The molecule has 5 heteroatoms. The van der Waals surface area contributed by atoms with Gasteiger partial charge in [-0.1, -0.05) is 18.2 Å². The van der Waals surface area contributed by atoms with E-state index in [0.717, 1.165) is 0 Å². The van der Waals surface area contributed by atoms with Crippen molar-refractivity contribution in [2.75, 3.05) is 0 Å². The van der Waals surface area contributed by atoms with Gasteiger partial charge in [-0.25, -0.2) is 13.6 Å². The Morgan fingerprint density at radius 1 is 1.40 bits per heavy atom. The highest BCUT2D eigenvalue weighted by Gasteiger charge is 2.18. The van der Waals surface area contributed by atoms with Crippen LogP contribution in [-0.4, -0.2) is 17.5 Å². The molecule has 15 heavy (non-hydrogen) atoms. The van der Waals surface area contributed by atoms with Gasteiger partial charge in [-0.3, -0.25) is 0 Å². The Morgan fingerprint density at radius 3 is 2.53 bits per heavy atom. The lowest BCUT2D eigenvalue weighted by Gasteiger charge is -2.13. The second-order valence-corrected chi connectivity index (χ2v) is 3.13. The molecule has 0 saturated carbocycles. The molecule has 0 aromatic heterocycles. The summed E-state index contributed by atoms with van der Waals surface area (Å²) in [5.41, 5.74) is 5.71. The van der Waals surface area contributed by atoms with Crippen LogP contribution in [0.4, 0.5) is 8.78 Å². The van der Waals surface area contributed by atoms with Gasteiger partial charge in [0.15, 0.2) is 0 Å². The van der Waals surface area contributed by atoms with Crippen LogP contribution in [0.2, 0.25) is 0 Å². The summed E-state index contributed by atoms with van der Waals surface area (Å²) < 4.78 is 24.2. The van der Waals surface area contributed by atoms with Crippen LogP contribution < -0.4 is 5.73 Å². The molecule has 0 fully saturated rings. The molecule has 0 unspecified atom stereocenters. The summed E-state index contributed by atoms with van der Waals surface area (Å²) in [6.45, 7) is 0. The van der Waals surface area contributed by atoms with E-state index >= 15 is 0 Å². The van der Waals surface area contributed by atoms with Crippen molar-refractivity contribution in [1.82, 2.24) is 0 Å². The molecule has 0 heterocycles.